The van der Waals surface area contributed by atoms with Gasteiger partial charge in [-0.3, -0.25) is 0 Å². The topological polar surface area (TPSA) is 46.2 Å². The van der Waals surface area contributed by atoms with Crippen LogP contribution in [0.15, 0.2) is 91.0 Å². The minimum atomic E-state index is -0.555. The zero-order chi connectivity index (χ0) is 23.6. The fraction of sp³-hybridized carbons (Fsp3) is 0.357. The molecule has 0 spiro atoms. The van der Waals surface area contributed by atoms with Crippen LogP contribution in [0.5, 0.6) is 0 Å². The van der Waals surface area contributed by atoms with Crippen molar-refractivity contribution in [2.24, 2.45) is 0 Å². The normalized spacial score (nSPS) is 24.7. The molecule has 6 heteroatoms. The molecule has 34 heavy (non-hydrogen) atoms. The summed E-state index contributed by atoms with van der Waals surface area (Å²) < 4.78 is 32.2. The third kappa shape index (κ3) is 6.87. The fourth-order valence-corrected chi connectivity index (χ4v) is 4.77. The summed E-state index contributed by atoms with van der Waals surface area (Å²) in [4.78, 5) is 0. The number of benzene rings is 3. The summed E-state index contributed by atoms with van der Waals surface area (Å²) in [5.74, 6) is 0. The maximum Gasteiger partial charge on any atom is 0.186 e. The molecule has 0 radical (unpaired) electrons. The van der Waals surface area contributed by atoms with Gasteiger partial charge in [0.05, 0.1) is 25.9 Å². The van der Waals surface area contributed by atoms with Crippen LogP contribution in [0, 0.1) is 0 Å². The van der Waals surface area contributed by atoms with Crippen LogP contribution in [0.25, 0.3) is 0 Å². The molecule has 1 aliphatic rings. The van der Waals surface area contributed by atoms with Gasteiger partial charge < -0.3 is 23.7 Å². The Balaban J connectivity index is 1.56. The van der Waals surface area contributed by atoms with E-state index in [9.17, 15) is 0 Å². The predicted molar refractivity (Wildman–Crippen MR) is 140 cm³/mol. The molecule has 1 fully saturated rings. The molecule has 180 valence electrons. The highest BCUT2D eigenvalue weighted by Gasteiger charge is 2.48. The van der Waals surface area contributed by atoms with Crippen molar-refractivity contribution >= 4 is 22.6 Å². The maximum atomic E-state index is 6.52. The number of ether oxygens (including phenoxy) is 5. The van der Waals surface area contributed by atoms with E-state index in [1.807, 2.05) is 66.7 Å². The minimum absolute atomic E-state index is 0.188. The highest BCUT2D eigenvalue weighted by Crippen LogP contribution is 2.31. The lowest BCUT2D eigenvalue weighted by Gasteiger charge is -2.45. The lowest BCUT2D eigenvalue weighted by Crippen LogP contribution is -2.61. The molecule has 1 heterocycles. The van der Waals surface area contributed by atoms with Crippen molar-refractivity contribution in [3.63, 3.8) is 0 Å². The smallest absolute Gasteiger partial charge is 0.186 e. The van der Waals surface area contributed by atoms with Gasteiger partial charge in [-0.2, -0.15) is 0 Å². The summed E-state index contributed by atoms with van der Waals surface area (Å²) in [6.45, 7) is 1.35. The van der Waals surface area contributed by atoms with Crippen molar-refractivity contribution in [1.29, 1.82) is 0 Å². The second-order valence-corrected chi connectivity index (χ2v) is 9.10. The van der Waals surface area contributed by atoms with E-state index in [0.29, 0.717) is 19.8 Å². The van der Waals surface area contributed by atoms with E-state index >= 15 is 0 Å². The first-order valence-electron chi connectivity index (χ1n) is 11.5. The summed E-state index contributed by atoms with van der Waals surface area (Å²) in [5, 5.41) is 0. The minimum Gasteiger partial charge on any atom is -0.368 e. The predicted octanol–water partition coefficient (Wildman–Crippen LogP) is 5.55. The number of alkyl halides is 1. The van der Waals surface area contributed by atoms with E-state index in [1.54, 1.807) is 7.11 Å². The summed E-state index contributed by atoms with van der Waals surface area (Å²) in [6.07, 6.45) is -1.87. The van der Waals surface area contributed by atoms with Gasteiger partial charge in [0.1, 0.15) is 18.3 Å². The number of rotatable bonds is 11. The van der Waals surface area contributed by atoms with Gasteiger partial charge in [0.2, 0.25) is 0 Å². The number of hydrogen-bond donors (Lipinski definition) is 0. The third-order valence-corrected chi connectivity index (χ3v) is 6.70. The van der Waals surface area contributed by atoms with Gasteiger partial charge in [-0.15, -0.1) is 0 Å². The van der Waals surface area contributed by atoms with E-state index in [4.69, 9.17) is 23.7 Å². The van der Waals surface area contributed by atoms with Crippen LogP contribution in [0.3, 0.4) is 0 Å². The first kappa shape index (κ1) is 25.3. The summed E-state index contributed by atoms with van der Waals surface area (Å²) in [5.41, 5.74) is 3.28. The average Bonchev–Trinajstić information content (AvgIpc) is 2.91. The van der Waals surface area contributed by atoms with Gasteiger partial charge in [0, 0.05) is 11.5 Å². The van der Waals surface area contributed by atoms with Crippen LogP contribution in [-0.4, -0.2) is 42.2 Å². The van der Waals surface area contributed by atoms with Crippen LogP contribution in [-0.2, 0) is 43.5 Å². The Kier molecular flexibility index (Phi) is 9.91. The maximum absolute atomic E-state index is 6.52. The molecule has 0 aliphatic carbocycles. The van der Waals surface area contributed by atoms with Gasteiger partial charge in [0.25, 0.3) is 0 Å². The third-order valence-electron chi connectivity index (χ3n) is 5.83. The van der Waals surface area contributed by atoms with E-state index in [-0.39, 0.29) is 18.3 Å². The molecule has 1 aliphatic heterocycles. The zero-order valence-corrected chi connectivity index (χ0v) is 21.5. The van der Waals surface area contributed by atoms with Crippen LogP contribution >= 0.6 is 22.6 Å². The van der Waals surface area contributed by atoms with E-state index < -0.39 is 12.4 Å². The Morgan fingerprint density at radius 1 is 0.618 bits per heavy atom. The van der Waals surface area contributed by atoms with Gasteiger partial charge in [-0.05, 0) is 16.7 Å². The highest BCUT2D eigenvalue weighted by atomic mass is 127. The van der Waals surface area contributed by atoms with Crippen molar-refractivity contribution in [2.45, 2.75) is 50.5 Å². The molecule has 4 rings (SSSR count). The largest absolute Gasteiger partial charge is 0.368 e. The quantitative estimate of drug-likeness (QED) is 0.222. The molecule has 0 amide bonds. The lowest BCUT2D eigenvalue weighted by atomic mass is 9.98. The van der Waals surface area contributed by atoms with Gasteiger partial charge >= 0.3 is 0 Å². The van der Waals surface area contributed by atoms with Crippen molar-refractivity contribution in [3.8, 4) is 0 Å². The second-order valence-electron chi connectivity index (χ2n) is 8.22. The van der Waals surface area contributed by atoms with E-state index in [2.05, 4.69) is 46.9 Å². The van der Waals surface area contributed by atoms with E-state index in [0.717, 1.165) is 21.1 Å². The monoisotopic (exact) mass is 574 g/mol. The summed E-state index contributed by atoms with van der Waals surface area (Å²) in [7, 11) is 1.65. The fourth-order valence-electron chi connectivity index (χ4n) is 4.06. The van der Waals surface area contributed by atoms with Gasteiger partial charge in [0.15, 0.2) is 6.29 Å². The molecule has 5 nitrogen and oxygen atoms in total. The Labute approximate surface area is 215 Å². The summed E-state index contributed by atoms with van der Waals surface area (Å²) >= 11 is 2.33. The molecule has 0 saturated carbocycles. The zero-order valence-electron chi connectivity index (χ0n) is 19.3. The molecular formula is C28H31IO5. The molecular weight excluding hydrogens is 543 g/mol. The molecule has 3 aromatic carbocycles. The number of hydrogen-bond acceptors (Lipinski definition) is 5. The van der Waals surface area contributed by atoms with Gasteiger partial charge in [-0.25, -0.2) is 0 Å². The highest BCUT2D eigenvalue weighted by molar-refractivity contribution is 14.1. The molecule has 0 bridgehead atoms. The van der Waals surface area contributed by atoms with Crippen molar-refractivity contribution in [1.82, 2.24) is 0 Å². The Morgan fingerprint density at radius 2 is 1.03 bits per heavy atom. The van der Waals surface area contributed by atoms with Crippen LogP contribution in [0.1, 0.15) is 16.7 Å². The Morgan fingerprint density at radius 3 is 1.44 bits per heavy atom. The van der Waals surface area contributed by atoms with E-state index in [1.165, 1.54) is 0 Å². The second kappa shape index (κ2) is 13.3. The van der Waals surface area contributed by atoms with Crippen molar-refractivity contribution in [2.75, 3.05) is 11.5 Å². The standard InChI is InChI=1S/C28H31IO5/c1-30-28-27(33-20-23-15-9-4-10-16-23)26(32-19-22-13-7-3-8-14-22)25(24(17-29)34-28)31-18-21-11-5-2-6-12-21/h2-16,24-28H,17-20H2,1H3/t24?,25-,26?,27-,28?/m0/s1. The molecule has 1 saturated heterocycles. The van der Waals surface area contributed by atoms with Crippen LogP contribution in [0.4, 0.5) is 0 Å². The molecule has 0 aromatic heterocycles. The molecule has 0 N–H and O–H groups in total. The average molecular weight is 574 g/mol. The Hall–Kier alpha value is -1.81. The van der Waals surface area contributed by atoms with Crippen LogP contribution < -0.4 is 0 Å². The van der Waals surface area contributed by atoms with Gasteiger partial charge in [-0.1, -0.05) is 114 Å². The van der Waals surface area contributed by atoms with Crippen molar-refractivity contribution in [3.05, 3.63) is 108 Å². The number of halogens is 1. The molecule has 3 aromatic rings. The first-order valence-corrected chi connectivity index (χ1v) is 13.0. The first-order chi connectivity index (χ1) is 16.8. The number of methoxy groups -OCH3 is 1. The molecule has 3 unspecified atom stereocenters. The van der Waals surface area contributed by atoms with Crippen LogP contribution in [0.2, 0.25) is 0 Å². The molecule has 5 atom stereocenters. The summed E-state index contributed by atoms with van der Waals surface area (Å²) in [6, 6.07) is 30.4. The van der Waals surface area contributed by atoms with Crippen molar-refractivity contribution < 1.29 is 23.7 Å². The Bertz CT molecular complexity index is 899. The lowest BCUT2D eigenvalue weighted by molar-refractivity contribution is -0.313. The SMILES string of the molecule is COC1OC(CI)[C@H](OCc2ccccc2)C(OCc2ccccc2)[C@@H]1OCc1ccccc1.